The van der Waals surface area contributed by atoms with Gasteiger partial charge < -0.3 is 19.4 Å². The molecule has 3 aromatic rings. The van der Waals surface area contributed by atoms with Gasteiger partial charge in [0.1, 0.15) is 5.69 Å². The van der Waals surface area contributed by atoms with Gasteiger partial charge in [-0.05, 0) is 45.0 Å². The average Bonchev–Trinajstić information content (AvgIpc) is 3.28. The second-order valence-electron chi connectivity index (χ2n) is 6.69. The fraction of sp³-hybridized carbons (Fsp3) is 0.389. The van der Waals surface area contributed by atoms with E-state index in [9.17, 15) is 9.90 Å². The Balaban J connectivity index is 1.80. The van der Waals surface area contributed by atoms with Crippen LogP contribution in [0.1, 0.15) is 18.5 Å². The highest BCUT2D eigenvalue weighted by molar-refractivity contribution is 5.74. The van der Waals surface area contributed by atoms with Crippen molar-refractivity contribution in [1.82, 2.24) is 20.3 Å². The molecule has 0 aliphatic carbocycles. The molecule has 0 unspecified atom stereocenters. The fourth-order valence-corrected chi connectivity index (χ4v) is 3.21. The van der Waals surface area contributed by atoms with Gasteiger partial charge in [0.2, 0.25) is 0 Å². The van der Waals surface area contributed by atoms with Crippen LogP contribution in [0.3, 0.4) is 0 Å². The zero-order valence-electron chi connectivity index (χ0n) is 14.4. The third kappa shape index (κ3) is 3.21. The normalized spacial score (nSPS) is 16.7. The maximum absolute atomic E-state index is 12.6. The zero-order valence-corrected chi connectivity index (χ0v) is 14.4. The van der Waals surface area contributed by atoms with Crippen molar-refractivity contribution in [2.75, 3.05) is 13.1 Å². The summed E-state index contributed by atoms with van der Waals surface area (Å²) in [5, 5.41) is 22.3. The van der Waals surface area contributed by atoms with Crippen molar-refractivity contribution in [1.29, 1.82) is 0 Å². The molecular weight excluding hydrogens is 336 g/mol. The first kappa shape index (κ1) is 16.7. The number of aromatic nitrogens is 3. The topological polar surface area (TPSA) is 106 Å². The zero-order chi connectivity index (χ0) is 18.1. The lowest BCUT2D eigenvalue weighted by molar-refractivity contribution is -0.00935. The van der Waals surface area contributed by atoms with Crippen molar-refractivity contribution in [2.24, 2.45) is 0 Å². The molecule has 0 bridgehead atoms. The van der Waals surface area contributed by atoms with Gasteiger partial charge >= 0.3 is 0 Å². The summed E-state index contributed by atoms with van der Waals surface area (Å²) < 4.78 is 12.1. The van der Waals surface area contributed by atoms with Gasteiger partial charge in [-0.15, -0.1) is 0 Å². The monoisotopic (exact) mass is 356 g/mol. The molecule has 8 heteroatoms. The highest BCUT2D eigenvalue weighted by atomic mass is 16.5. The van der Waals surface area contributed by atoms with Crippen molar-refractivity contribution in [2.45, 2.75) is 31.9 Å². The van der Waals surface area contributed by atoms with E-state index >= 15 is 0 Å². The van der Waals surface area contributed by atoms with Gasteiger partial charge in [-0.3, -0.25) is 4.79 Å². The van der Waals surface area contributed by atoms with Crippen molar-refractivity contribution in [3.63, 3.8) is 0 Å². The Bertz CT molecular complexity index is 952. The Morgan fingerprint density at radius 3 is 2.77 bits per heavy atom. The van der Waals surface area contributed by atoms with Gasteiger partial charge in [0.15, 0.2) is 11.5 Å². The molecule has 4 heterocycles. The standard InChI is InChI=1S/C18H20N4O4/c1-12-9-15(26-21-12)13-10-16(23)22(11-18(24)4-6-19-7-5-18)20-17(13)14-3-2-8-25-14/h2-3,8-10,19,24H,4-7,11H2,1H3. The minimum absolute atomic E-state index is 0.136. The van der Waals surface area contributed by atoms with Crippen LogP contribution in [-0.4, -0.2) is 38.7 Å². The first-order valence-electron chi connectivity index (χ1n) is 8.57. The van der Waals surface area contributed by atoms with Crippen molar-refractivity contribution < 1.29 is 14.0 Å². The summed E-state index contributed by atoms with van der Waals surface area (Å²) in [5.74, 6) is 0.964. The van der Waals surface area contributed by atoms with E-state index in [0.29, 0.717) is 54.4 Å². The molecule has 0 amide bonds. The van der Waals surface area contributed by atoms with Crippen LogP contribution >= 0.6 is 0 Å². The van der Waals surface area contributed by atoms with Crippen LogP contribution in [0.2, 0.25) is 0 Å². The molecule has 2 N–H and O–H groups in total. The molecule has 1 aliphatic heterocycles. The van der Waals surface area contributed by atoms with Crippen molar-refractivity contribution in [3.8, 4) is 22.8 Å². The SMILES string of the molecule is Cc1cc(-c2cc(=O)n(CC3(O)CCNCC3)nc2-c2ccco2)on1. The van der Waals surface area contributed by atoms with E-state index in [0.717, 1.165) is 0 Å². The lowest BCUT2D eigenvalue weighted by Crippen LogP contribution is -2.46. The van der Waals surface area contributed by atoms with E-state index in [1.165, 1.54) is 10.7 Å². The number of nitrogens with zero attached hydrogens (tertiary/aromatic N) is 3. The highest BCUT2D eigenvalue weighted by Gasteiger charge is 2.31. The van der Waals surface area contributed by atoms with E-state index in [2.05, 4.69) is 15.6 Å². The molecule has 0 aromatic carbocycles. The number of rotatable bonds is 4. The van der Waals surface area contributed by atoms with Crippen LogP contribution in [0.15, 0.2) is 44.3 Å². The van der Waals surface area contributed by atoms with Gasteiger partial charge in [-0.2, -0.15) is 5.10 Å². The molecule has 4 rings (SSSR count). The Labute approximate surface area is 149 Å². The number of aliphatic hydroxyl groups is 1. The van der Waals surface area contributed by atoms with Gasteiger partial charge in [-0.25, -0.2) is 4.68 Å². The number of hydrogen-bond donors (Lipinski definition) is 2. The maximum Gasteiger partial charge on any atom is 0.267 e. The summed E-state index contributed by atoms with van der Waals surface area (Å²) in [5.41, 5.74) is 0.435. The predicted molar refractivity (Wildman–Crippen MR) is 93.5 cm³/mol. The third-order valence-corrected chi connectivity index (χ3v) is 4.62. The van der Waals surface area contributed by atoms with Gasteiger partial charge in [0.05, 0.1) is 29.7 Å². The Kier molecular flexibility index (Phi) is 4.21. The molecule has 1 fully saturated rings. The highest BCUT2D eigenvalue weighted by Crippen LogP contribution is 2.30. The average molecular weight is 356 g/mol. The quantitative estimate of drug-likeness (QED) is 0.731. The second-order valence-corrected chi connectivity index (χ2v) is 6.69. The van der Waals surface area contributed by atoms with Gasteiger partial charge in [0, 0.05) is 12.1 Å². The molecule has 0 radical (unpaired) electrons. The van der Waals surface area contributed by atoms with Crippen LogP contribution in [0.25, 0.3) is 22.8 Å². The molecule has 8 nitrogen and oxygen atoms in total. The van der Waals surface area contributed by atoms with E-state index in [-0.39, 0.29) is 12.1 Å². The first-order chi connectivity index (χ1) is 12.5. The number of nitrogens with one attached hydrogen (secondary N) is 1. The number of aryl methyl sites for hydroxylation is 1. The number of hydrogen-bond acceptors (Lipinski definition) is 7. The first-order valence-corrected chi connectivity index (χ1v) is 8.57. The summed E-state index contributed by atoms with van der Waals surface area (Å²) in [7, 11) is 0. The number of furan rings is 1. The van der Waals surface area contributed by atoms with Crippen LogP contribution in [-0.2, 0) is 6.54 Å². The molecular formula is C18H20N4O4. The molecule has 136 valence electrons. The fourth-order valence-electron chi connectivity index (χ4n) is 3.21. The minimum Gasteiger partial charge on any atom is -0.463 e. The van der Waals surface area contributed by atoms with Crippen molar-refractivity contribution >= 4 is 0 Å². The largest absolute Gasteiger partial charge is 0.463 e. The summed E-state index contributed by atoms with van der Waals surface area (Å²) in [6, 6.07) is 6.72. The summed E-state index contributed by atoms with van der Waals surface area (Å²) in [4.78, 5) is 12.6. The molecule has 0 saturated carbocycles. The van der Waals surface area contributed by atoms with Crippen molar-refractivity contribution in [3.05, 3.63) is 46.6 Å². The van der Waals surface area contributed by atoms with E-state index in [1.807, 2.05) is 0 Å². The molecule has 26 heavy (non-hydrogen) atoms. The molecule has 0 spiro atoms. The third-order valence-electron chi connectivity index (χ3n) is 4.62. The van der Waals surface area contributed by atoms with Gasteiger partial charge in [0.25, 0.3) is 5.56 Å². The number of piperidine rings is 1. The summed E-state index contributed by atoms with van der Waals surface area (Å²) in [6.07, 6.45) is 2.68. The molecule has 1 saturated heterocycles. The summed E-state index contributed by atoms with van der Waals surface area (Å²) in [6.45, 7) is 3.37. The molecule has 1 aliphatic rings. The van der Waals surface area contributed by atoms with Crippen LogP contribution in [0.5, 0.6) is 0 Å². The second kappa shape index (κ2) is 6.54. The van der Waals surface area contributed by atoms with E-state index in [1.54, 1.807) is 31.4 Å². The predicted octanol–water partition coefficient (Wildman–Crippen LogP) is 1.58. The molecule has 3 aromatic heterocycles. The van der Waals surface area contributed by atoms with Crippen LogP contribution < -0.4 is 10.9 Å². The van der Waals surface area contributed by atoms with E-state index in [4.69, 9.17) is 8.94 Å². The summed E-state index contributed by atoms with van der Waals surface area (Å²) >= 11 is 0. The van der Waals surface area contributed by atoms with Gasteiger partial charge in [-0.1, -0.05) is 5.16 Å². The smallest absolute Gasteiger partial charge is 0.267 e. The van der Waals surface area contributed by atoms with Crippen LogP contribution in [0.4, 0.5) is 0 Å². The Morgan fingerprint density at radius 1 is 1.31 bits per heavy atom. The maximum atomic E-state index is 12.6. The lowest BCUT2D eigenvalue weighted by Gasteiger charge is -2.32. The Morgan fingerprint density at radius 2 is 2.12 bits per heavy atom. The van der Waals surface area contributed by atoms with E-state index < -0.39 is 5.60 Å². The lowest BCUT2D eigenvalue weighted by atomic mass is 9.92. The molecule has 0 atom stereocenters. The minimum atomic E-state index is -0.952. The van der Waals surface area contributed by atoms with Crippen LogP contribution in [0, 0.1) is 6.92 Å². The Hall–Kier alpha value is -2.71.